The van der Waals surface area contributed by atoms with Crippen molar-refractivity contribution in [1.29, 1.82) is 0 Å². The maximum atomic E-state index is 14.5. The van der Waals surface area contributed by atoms with Crippen LogP contribution in [0.4, 0.5) is 14.5 Å². The SMILES string of the molecule is CCC1Oc2c(F)cc(CN3CC(Oc4ccc(C(=O)NNC)nc4F)C3)cc2NC1=O. The van der Waals surface area contributed by atoms with Gasteiger partial charge in [-0.25, -0.2) is 14.8 Å². The lowest BCUT2D eigenvalue weighted by Crippen LogP contribution is -2.53. The molecule has 1 aromatic heterocycles. The average molecular weight is 447 g/mol. The highest BCUT2D eigenvalue weighted by molar-refractivity contribution is 5.97. The maximum absolute atomic E-state index is 14.5. The molecule has 0 aliphatic carbocycles. The Hall–Kier alpha value is -3.31. The number of amides is 2. The Bertz CT molecular complexity index is 1050. The first kappa shape index (κ1) is 21.9. The van der Waals surface area contributed by atoms with E-state index in [0.29, 0.717) is 37.3 Å². The van der Waals surface area contributed by atoms with Gasteiger partial charge in [0.1, 0.15) is 11.8 Å². The van der Waals surface area contributed by atoms with Crippen LogP contribution in [0, 0.1) is 11.8 Å². The zero-order valence-corrected chi connectivity index (χ0v) is 17.6. The number of carbonyl (C=O) groups excluding carboxylic acids is 2. The Balaban J connectivity index is 1.33. The molecule has 1 fully saturated rings. The van der Waals surface area contributed by atoms with E-state index in [2.05, 4.69) is 21.2 Å². The molecule has 0 spiro atoms. The van der Waals surface area contributed by atoms with Crippen LogP contribution < -0.4 is 25.6 Å². The van der Waals surface area contributed by atoms with E-state index in [4.69, 9.17) is 9.47 Å². The summed E-state index contributed by atoms with van der Waals surface area (Å²) in [4.78, 5) is 29.3. The second-order valence-electron chi connectivity index (χ2n) is 7.58. The average Bonchev–Trinajstić information content (AvgIpc) is 2.73. The summed E-state index contributed by atoms with van der Waals surface area (Å²) >= 11 is 0. The van der Waals surface area contributed by atoms with Crippen molar-refractivity contribution in [3.05, 3.63) is 47.3 Å². The van der Waals surface area contributed by atoms with E-state index < -0.39 is 23.8 Å². The maximum Gasteiger partial charge on any atom is 0.284 e. The van der Waals surface area contributed by atoms with Gasteiger partial charge in [0.2, 0.25) is 0 Å². The van der Waals surface area contributed by atoms with Crippen LogP contribution >= 0.6 is 0 Å². The number of halogens is 2. The minimum Gasteiger partial charge on any atom is -0.483 e. The summed E-state index contributed by atoms with van der Waals surface area (Å²) in [5, 5.41) is 2.69. The van der Waals surface area contributed by atoms with Gasteiger partial charge in [-0.05, 0) is 36.2 Å². The molecule has 0 saturated carbocycles. The second-order valence-corrected chi connectivity index (χ2v) is 7.58. The molecule has 1 saturated heterocycles. The number of hydrogen-bond donors (Lipinski definition) is 3. The van der Waals surface area contributed by atoms with E-state index in [9.17, 15) is 18.4 Å². The number of rotatable bonds is 7. The zero-order valence-electron chi connectivity index (χ0n) is 17.6. The molecule has 170 valence electrons. The van der Waals surface area contributed by atoms with E-state index in [0.717, 1.165) is 0 Å². The first-order valence-electron chi connectivity index (χ1n) is 10.2. The lowest BCUT2D eigenvalue weighted by Gasteiger charge is -2.39. The molecule has 11 heteroatoms. The van der Waals surface area contributed by atoms with Gasteiger partial charge in [0.15, 0.2) is 23.4 Å². The van der Waals surface area contributed by atoms with Gasteiger partial charge < -0.3 is 14.8 Å². The number of aromatic nitrogens is 1. The molecule has 4 rings (SSSR count). The van der Waals surface area contributed by atoms with Crippen LogP contribution in [0.5, 0.6) is 11.5 Å². The van der Waals surface area contributed by atoms with Gasteiger partial charge in [0, 0.05) is 26.7 Å². The van der Waals surface area contributed by atoms with E-state index >= 15 is 0 Å². The van der Waals surface area contributed by atoms with Gasteiger partial charge in [0.25, 0.3) is 17.8 Å². The lowest BCUT2D eigenvalue weighted by molar-refractivity contribution is -0.123. The summed E-state index contributed by atoms with van der Waals surface area (Å²) in [6.07, 6.45) is -0.513. The Morgan fingerprint density at radius 2 is 2.12 bits per heavy atom. The molecular formula is C21H23F2N5O4. The van der Waals surface area contributed by atoms with Crippen LogP contribution in [-0.4, -0.2) is 54.0 Å². The van der Waals surface area contributed by atoms with Crippen molar-refractivity contribution < 1.29 is 27.8 Å². The van der Waals surface area contributed by atoms with Crippen LogP contribution in [0.15, 0.2) is 24.3 Å². The first-order chi connectivity index (χ1) is 15.4. The third-order valence-electron chi connectivity index (χ3n) is 5.19. The number of hydrazine groups is 1. The molecule has 0 bridgehead atoms. The number of pyridine rings is 1. The van der Waals surface area contributed by atoms with Crippen molar-refractivity contribution in [2.24, 2.45) is 0 Å². The largest absolute Gasteiger partial charge is 0.483 e. The topological polar surface area (TPSA) is 105 Å². The summed E-state index contributed by atoms with van der Waals surface area (Å²) in [6.45, 7) is 3.23. The fourth-order valence-electron chi connectivity index (χ4n) is 3.61. The number of likely N-dealkylation sites (tertiary alicyclic amines) is 1. The van der Waals surface area contributed by atoms with Crippen LogP contribution in [-0.2, 0) is 11.3 Å². The summed E-state index contributed by atoms with van der Waals surface area (Å²) in [5.41, 5.74) is 5.68. The highest BCUT2D eigenvalue weighted by Crippen LogP contribution is 2.35. The molecule has 2 aliphatic heterocycles. The van der Waals surface area contributed by atoms with Crippen molar-refractivity contribution in [2.75, 3.05) is 25.5 Å². The van der Waals surface area contributed by atoms with Crippen LogP contribution in [0.2, 0.25) is 0 Å². The molecule has 1 aromatic carbocycles. The van der Waals surface area contributed by atoms with Gasteiger partial charge in [-0.3, -0.25) is 19.9 Å². The Morgan fingerprint density at radius 3 is 2.81 bits per heavy atom. The Labute approximate surface area is 183 Å². The molecule has 1 atom stereocenters. The van der Waals surface area contributed by atoms with E-state index in [1.807, 2.05) is 4.90 Å². The Morgan fingerprint density at radius 1 is 1.34 bits per heavy atom. The van der Waals surface area contributed by atoms with Crippen molar-refractivity contribution in [3.63, 3.8) is 0 Å². The molecule has 2 aromatic rings. The number of nitrogens with one attached hydrogen (secondary N) is 3. The fourth-order valence-corrected chi connectivity index (χ4v) is 3.61. The van der Waals surface area contributed by atoms with Crippen LogP contribution in [0.25, 0.3) is 0 Å². The lowest BCUT2D eigenvalue weighted by atomic mass is 10.1. The van der Waals surface area contributed by atoms with Crippen molar-refractivity contribution in [2.45, 2.75) is 32.1 Å². The molecule has 1 unspecified atom stereocenters. The number of ether oxygens (including phenoxy) is 2. The molecule has 9 nitrogen and oxygen atoms in total. The van der Waals surface area contributed by atoms with Gasteiger partial charge in [-0.1, -0.05) is 6.92 Å². The summed E-state index contributed by atoms with van der Waals surface area (Å²) in [6, 6.07) is 5.81. The third-order valence-corrected chi connectivity index (χ3v) is 5.19. The van der Waals surface area contributed by atoms with Crippen LogP contribution in [0.1, 0.15) is 29.4 Å². The highest BCUT2D eigenvalue weighted by Gasteiger charge is 2.32. The second kappa shape index (κ2) is 9.05. The van der Waals surface area contributed by atoms with Gasteiger partial charge >= 0.3 is 0 Å². The Kier molecular flexibility index (Phi) is 6.19. The molecule has 3 N–H and O–H groups in total. The highest BCUT2D eigenvalue weighted by atomic mass is 19.1. The van der Waals surface area contributed by atoms with Crippen molar-refractivity contribution in [3.8, 4) is 11.5 Å². The number of anilines is 1. The fraction of sp³-hybridized carbons (Fsp3) is 0.381. The standard InChI is InChI=1S/C21H23F2N5O4/c1-3-16-21(30)26-15-7-11(6-13(22)18(15)32-16)8-28-9-12(10-28)31-17-5-4-14(25-19(17)23)20(29)27-24-2/h4-7,12,16,24H,3,8-10H2,1-2H3,(H,26,30)(H,27,29). The molecule has 0 radical (unpaired) electrons. The van der Waals surface area contributed by atoms with Gasteiger partial charge in [-0.15, -0.1) is 0 Å². The minimum atomic E-state index is -0.870. The number of fused-ring (bicyclic) bond motifs is 1. The van der Waals surface area contributed by atoms with E-state index in [1.54, 1.807) is 13.0 Å². The molecule has 32 heavy (non-hydrogen) atoms. The van der Waals surface area contributed by atoms with E-state index in [-0.39, 0.29) is 29.2 Å². The molecule has 2 amide bonds. The number of nitrogens with zero attached hydrogens (tertiary/aromatic N) is 2. The monoisotopic (exact) mass is 447 g/mol. The number of benzene rings is 1. The van der Waals surface area contributed by atoms with Crippen molar-refractivity contribution >= 4 is 17.5 Å². The summed E-state index contributed by atoms with van der Waals surface area (Å²) in [7, 11) is 1.51. The quantitative estimate of drug-likeness (QED) is 0.437. The zero-order chi connectivity index (χ0) is 22.8. The molecular weight excluding hydrogens is 424 g/mol. The first-order valence-corrected chi connectivity index (χ1v) is 10.2. The predicted molar refractivity (Wildman–Crippen MR) is 110 cm³/mol. The number of hydrogen-bond acceptors (Lipinski definition) is 7. The number of carbonyl (C=O) groups is 2. The van der Waals surface area contributed by atoms with E-state index in [1.165, 1.54) is 25.2 Å². The van der Waals surface area contributed by atoms with Gasteiger partial charge in [-0.2, -0.15) is 4.39 Å². The van der Waals surface area contributed by atoms with Crippen LogP contribution in [0.3, 0.4) is 0 Å². The molecule has 2 aliphatic rings. The summed E-state index contributed by atoms with van der Waals surface area (Å²) in [5.74, 6) is -2.23. The van der Waals surface area contributed by atoms with Crippen molar-refractivity contribution in [1.82, 2.24) is 20.7 Å². The normalized spacial score (nSPS) is 18.2. The van der Waals surface area contributed by atoms with Gasteiger partial charge in [0.05, 0.1) is 5.69 Å². The smallest absolute Gasteiger partial charge is 0.284 e. The predicted octanol–water partition coefficient (Wildman–Crippen LogP) is 1.60. The third kappa shape index (κ3) is 4.48. The molecule has 3 heterocycles. The summed E-state index contributed by atoms with van der Waals surface area (Å²) < 4.78 is 39.7. The minimum absolute atomic E-state index is 0.0409.